The van der Waals surface area contributed by atoms with Gasteiger partial charge in [0.15, 0.2) is 0 Å². The Morgan fingerprint density at radius 2 is 2.35 bits per heavy atom. The highest BCUT2D eigenvalue weighted by Crippen LogP contribution is 2.26. The van der Waals surface area contributed by atoms with Crippen LogP contribution in [0.1, 0.15) is 12.5 Å². The monoisotopic (exact) mass is 299 g/mol. The van der Waals surface area contributed by atoms with Crippen LogP contribution in [0.5, 0.6) is 5.75 Å². The zero-order valence-electron chi connectivity index (χ0n) is 11.8. The second-order valence-electron chi connectivity index (χ2n) is 5.06. The fourth-order valence-corrected chi connectivity index (χ4v) is 2.64. The summed E-state index contributed by atoms with van der Waals surface area (Å²) in [5.74, 6) is 0.918. The molecular formula is C15H22ClNO3. The lowest BCUT2D eigenvalue weighted by atomic mass is 10.1. The van der Waals surface area contributed by atoms with Crippen molar-refractivity contribution in [1.29, 1.82) is 0 Å². The van der Waals surface area contributed by atoms with E-state index in [1.807, 2.05) is 25.1 Å². The molecule has 2 rings (SSSR count). The first-order valence-electron chi connectivity index (χ1n) is 7.05. The summed E-state index contributed by atoms with van der Waals surface area (Å²) >= 11 is 6.21. The van der Waals surface area contributed by atoms with Gasteiger partial charge in [0.25, 0.3) is 0 Å². The molecule has 1 aliphatic heterocycles. The summed E-state index contributed by atoms with van der Waals surface area (Å²) in [5.41, 5.74) is 1.15. The zero-order chi connectivity index (χ0) is 14.4. The zero-order valence-corrected chi connectivity index (χ0v) is 12.6. The maximum atomic E-state index is 9.30. The Hall–Kier alpha value is -0.810. The van der Waals surface area contributed by atoms with Crippen LogP contribution < -0.4 is 4.74 Å². The molecule has 1 saturated heterocycles. The predicted octanol–water partition coefficient (Wildman–Crippen LogP) is 2.18. The lowest BCUT2D eigenvalue weighted by Crippen LogP contribution is -2.31. The Kier molecular flexibility index (Phi) is 6.10. The topological polar surface area (TPSA) is 41.9 Å². The van der Waals surface area contributed by atoms with Gasteiger partial charge in [0.05, 0.1) is 24.8 Å². The number of aliphatic hydroxyl groups is 1. The van der Waals surface area contributed by atoms with Gasteiger partial charge < -0.3 is 14.6 Å². The van der Waals surface area contributed by atoms with Crippen LogP contribution in [-0.4, -0.2) is 49.5 Å². The standard InChI is InChI=1S/C15H22ClNO3/c1-2-20-15-4-3-12(7-14(15)16)8-17-5-6-19-11-13(9-17)10-18/h3-4,7,13,18H,2,5-6,8-11H2,1H3. The molecule has 0 bridgehead atoms. The van der Waals surface area contributed by atoms with Crippen LogP contribution in [0.2, 0.25) is 5.02 Å². The summed E-state index contributed by atoms with van der Waals surface area (Å²) in [6.07, 6.45) is 0. The Balaban J connectivity index is 1.99. The number of ether oxygens (including phenoxy) is 2. The van der Waals surface area contributed by atoms with Crippen molar-refractivity contribution in [2.24, 2.45) is 5.92 Å². The van der Waals surface area contributed by atoms with Crippen LogP contribution in [-0.2, 0) is 11.3 Å². The SMILES string of the molecule is CCOc1ccc(CN2CCOCC(CO)C2)cc1Cl. The fraction of sp³-hybridized carbons (Fsp3) is 0.600. The molecule has 0 aromatic heterocycles. The van der Waals surface area contributed by atoms with Crippen molar-refractivity contribution in [1.82, 2.24) is 4.90 Å². The van der Waals surface area contributed by atoms with Gasteiger partial charge in [-0.1, -0.05) is 17.7 Å². The molecule has 0 aliphatic carbocycles. The third-order valence-corrected chi connectivity index (χ3v) is 3.68. The first kappa shape index (κ1) is 15.6. The van der Waals surface area contributed by atoms with Gasteiger partial charge in [-0.15, -0.1) is 0 Å². The van der Waals surface area contributed by atoms with Crippen LogP contribution in [0.25, 0.3) is 0 Å². The van der Waals surface area contributed by atoms with Crippen LogP contribution in [0.4, 0.5) is 0 Å². The minimum atomic E-state index is 0.167. The fourth-order valence-electron chi connectivity index (χ4n) is 2.38. The summed E-state index contributed by atoms with van der Waals surface area (Å²) in [6, 6.07) is 5.90. The van der Waals surface area contributed by atoms with Crippen LogP contribution in [0.3, 0.4) is 0 Å². The molecule has 112 valence electrons. The molecule has 5 heteroatoms. The quantitative estimate of drug-likeness (QED) is 0.905. The minimum absolute atomic E-state index is 0.167. The first-order valence-corrected chi connectivity index (χ1v) is 7.43. The van der Waals surface area contributed by atoms with E-state index in [1.165, 1.54) is 0 Å². The van der Waals surface area contributed by atoms with Gasteiger partial charge in [-0.2, -0.15) is 0 Å². The second kappa shape index (κ2) is 7.84. The highest BCUT2D eigenvalue weighted by molar-refractivity contribution is 6.32. The number of rotatable bonds is 5. The van der Waals surface area contributed by atoms with Crippen LogP contribution in [0.15, 0.2) is 18.2 Å². The molecule has 0 radical (unpaired) electrons. The van der Waals surface area contributed by atoms with Gasteiger partial charge in [0.2, 0.25) is 0 Å². The highest BCUT2D eigenvalue weighted by Gasteiger charge is 2.18. The maximum Gasteiger partial charge on any atom is 0.137 e. The van der Waals surface area contributed by atoms with Gasteiger partial charge >= 0.3 is 0 Å². The van der Waals surface area contributed by atoms with Gasteiger partial charge in [0.1, 0.15) is 5.75 Å². The molecule has 1 N–H and O–H groups in total. The highest BCUT2D eigenvalue weighted by atomic mass is 35.5. The third kappa shape index (κ3) is 4.35. The molecule has 20 heavy (non-hydrogen) atoms. The normalized spacial score (nSPS) is 20.6. The van der Waals surface area contributed by atoms with Gasteiger partial charge in [-0.05, 0) is 24.6 Å². The molecule has 1 atom stereocenters. The van der Waals surface area contributed by atoms with Crippen LogP contribution >= 0.6 is 11.6 Å². The van der Waals surface area contributed by atoms with E-state index < -0.39 is 0 Å². The number of hydrogen-bond donors (Lipinski definition) is 1. The van der Waals surface area contributed by atoms with Crippen molar-refractivity contribution in [3.8, 4) is 5.75 Å². The first-order chi connectivity index (χ1) is 9.72. The smallest absolute Gasteiger partial charge is 0.137 e. The Morgan fingerprint density at radius 3 is 3.05 bits per heavy atom. The van der Waals surface area contributed by atoms with Crippen LogP contribution in [0, 0.1) is 5.92 Å². The van der Waals surface area contributed by atoms with E-state index in [9.17, 15) is 5.11 Å². The van der Waals surface area contributed by atoms with E-state index in [4.69, 9.17) is 21.1 Å². The summed E-state index contributed by atoms with van der Waals surface area (Å²) in [5, 5.41) is 9.94. The Morgan fingerprint density at radius 1 is 1.50 bits per heavy atom. The molecule has 4 nitrogen and oxygen atoms in total. The van der Waals surface area contributed by atoms with Crippen molar-refractivity contribution >= 4 is 11.6 Å². The van der Waals surface area contributed by atoms with Crippen molar-refractivity contribution in [3.05, 3.63) is 28.8 Å². The summed E-state index contributed by atoms with van der Waals surface area (Å²) in [4.78, 5) is 2.29. The molecule has 1 heterocycles. The predicted molar refractivity (Wildman–Crippen MR) is 79.3 cm³/mol. The summed E-state index contributed by atoms with van der Waals surface area (Å²) in [6.45, 7) is 6.60. The summed E-state index contributed by atoms with van der Waals surface area (Å²) < 4.78 is 10.9. The van der Waals surface area contributed by atoms with E-state index in [0.29, 0.717) is 24.8 Å². The summed E-state index contributed by atoms with van der Waals surface area (Å²) in [7, 11) is 0. The number of halogens is 1. The van der Waals surface area contributed by atoms with E-state index >= 15 is 0 Å². The van der Waals surface area contributed by atoms with E-state index in [0.717, 1.165) is 30.9 Å². The average molecular weight is 300 g/mol. The molecule has 1 aromatic rings. The molecule has 0 amide bonds. The van der Waals surface area contributed by atoms with E-state index in [-0.39, 0.29) is 12.5 Å². The molecule has 1 aliphatic rings. The number of aliphatic hydroxyl groups excluding tert-OH is 1. The Bertz CT molecular complexity index is 428. The van der Waals surface area contributed by atoms with Crippen molar-refractivity contribution in [2.75, 3.05) is 39.5 Å². The van der Waals surface area contributed by atoms with Gasteiger partial charge in [0, 0.05) is 32.2 Å². The van der Waals surface area contributed by atoms with Gasteiger partial charge in [-0.3, -0.25) is 4.90 Å². The molecule has 1 fully saturated rings. The third-order valence-electron chi connectivity index (χ3n) is 3.38. The number of hydrogen-bond acceptors (Lipinski definition) is 4. The van der Waals surface area contributed by atoms with E-state index in [2.05, 4.69) is 4.90 Å². The van der Waals surface area contributed by atoms with E-state index in [1.54, 1.807) is 0 Å². The maximum absolute atomic E-state index is 9.30. The largest absolute Gasteiger partial charge is 0.492 e. The van der Waals surface area contributed by atoms with Gasteiger partial charge in [-0.25, -0.2) is 0 Å². The lowest BCUT2D eigenvalue weighted by molar-refractivity contribution is 0.0958. The van der Waals surface area contributed by atoms with Crippen molar-refractivity contribution < 1.29 is 14.6 Å². The molecule has 0 spiro atoms. The molecular weight excluding hydrogens is 278 g/mol. The molecule has 1 aromatic carbocycles. The molecule has 1 unspecified atom stereocenters. The van der Waals surface area contributed by atoms with Crippen molar-refractivity contribution in [3.63, 3.8) is 0 Å². The average Bonchev–Trinajstić information content (AvgIpc) is 2.67. The van der Waals surface area contributed by atoms with Crippen molar-refractivity contribution in [2.45, 2.75) is 13.5 Å². The molecule has 0 saturated carbocycles. The number of nitrogens with zero attached hydrogens (tertiary/aromatic N) is 1. The Labute approximate surface area is 125 Å². The second-order valence-corrected chi connectivity index (χ2v) is 5.46. The lowest BCUT2D eigenvalue weighted by Gasteiger charge is -2.22. The number of benzene rings is 1. The minimum Gasteiger partial charge on any atom is -0.492 e.